The lowest BCUT2D eigenvalue weighted by atomic mass is 10.3. The highest BCUT2D eigenvalue weighted by Crippen LogP contribution is 2.34. The Kier molecular flexibility index (Phi) is 2.23. The van der Waals surface area contributed by atoms with Gasteiger partial charge in [-0.1, -0.05) is 13.0 Å². The van der Waals surface area contributed by atoms with E-state index in [4.69, 9.17) is 0 Å². The maximum absolute atomic E-state index is 11.8. The van der Waals surface area contributed by atoms with Crippen LogP contribution in [0.3, 0.4) is 0 Å². The summed E-state index contributed by atoms with van der Waals surface area (Å²) < 4.78 is 0. The van der Waals surface area contributed by atoms with Crippen LogP contribution in [0.5, 0.6) is 0 Å². The summed E-state index contributed by atoms with van der Waals surface area (Å²) in [5, 5.41) is 0. The summed E-state index contributed by atoms with van der Waals surface area (Å²) in [4.78, 5) is 17.7. The molecule has 0 N–H and O–H groups in total. The monoisotopic (exact) mass is 190 g/mol. The summed E-state index contributed by atoms with van der Waals surface area (Å²) >= 11 is 0. The molecular weight excluding hydrogens is 176 g/mol. The third-order valence-corrected chi connectivity index (χ3v) is 2.77. The van der Waals surface area contributed by atoms with Gasteiger partial charge in [0.15, 0.2) is 0 Å². The molecule has 3 nitrogen and oxygen atoms in total. The molecule has 1 unspecified atom stereocenters. The minimum atomic E-state index is 0.0277. The van der Waals surface area contributed by atoms with Gasteiger partial charge in [0, 0.05) is 19.3 Å². The molecule has 3 heteroatoms. The van der Waals surface area contributed by atoms with E-state index in [0.29, 0.717) is 17.7 Å². The Morgan fingerprint density at radius 3 is 2.79 bits per heavy atom. The molecule has 0 radical (unpaired) electrons. The first kappa shape index (κ1) is 9.19. The molecule has 1 aromatic heterocycles. The average molecular weight is 190 g/mol. The van der Waals surface area contributed by atoms with E-state index in [1.807, 2.05) is 19.2 Å². The van der Waals surface area contributed by atoms with E-state index in [1.165, 1.54) is 0 Å². The van der Waals surface area contributed by atoms with Gasteiger partial charge >= 0.3 is 0 Å². The summed E-state index contributed by atoms with van der Waals surface area (Å²) in [6.07, 6.45) is 2.77. The van der Waals surface area contributed by atoms with Crippen molar-refractivity contribution in [1.82, 2.24) is 9.88 Å². The molecule has 1 heterocycles. The van der Waals surface area contributed by atoms with Crippen molar-refractivity contribution < 1.29 is 4.79 Å². The first-order valence-electron chi connectivity index (χ1n) is 4.88. The van der Waals surface area contributed by atoms with Crippen LogP contribution in [-0.4, -0.2) is 28.9 Å². The summed E-state index contributed by atoms with van der Waals surface area (Å²) in [5.74, 6) is 0.674. The minimum Gasteiger partial charge on any atom is -0.337 e. The van der Waals surface area contributed by atoms with Crippen molar-refractivity contribution >= 4 is 5.91 Å². The molecule has 0 spiro atoms. The van der Waals surface area contributed by atoms with Gasteiger partial charge in [-0.2, -0.15) is 0 Å². The van der Waals surface area contributed by atoms with Gasteiger partial charge < -0.3 is 4.90 Å². The Labute approximate surface area is 83.8 Å². The smallest absolute Gasteiger partial charge is 0.272 e. The van der Waals surface area contributed by atoms with Gasteiger partial charge in [-0.25, -0.2) is 0 Å². The molecule has 0 bridgehead atoms. The van der Waals surface area contributed by atoms with Gasteiger partial charge in [0.2, 0.25) is 0 Å². The zero-order chi connectivity index (χ0) is 10.1. The third kappa shape index (κ3) is 1.62. The van der Waals surface area contributed by atoms with E-state index >= 15 is 0 Å². The Balaban J connectivity index is 2.09. The largest absolute Gasteiger partial charge is 0.337 e. The topological polar surface area (TPSA) is 33.2 Å². The fourth-order valence-electron chi connectivity index (χ4n) is 1.66. The van der Waals surface area contributed by atoms with Crippen LogP contribution in [0, 0.1) is 5.92 Å². The predicted molar refractivity (Wildman–Crippen MR) is 53.9 cm³/mol. The molecule has 1 amide bonds. The SMILES string of the molecule is CC1C[C@H]1N(C)C(=O)c1ccccn1. The summed E-state index contributed by atoms with van der Waals surface area (Å²) in [5.41, 5.74) is 0.536. The van der Waals surface area contributed by atoms with Crippen molar-refractivity contribution in [2.45, 2.75) is 19.4 Å². The summed E-state index contributed by atoms with van der Waals surface area (Å²) in [7, 11) is 1.85. The van der Waals surface area contributed by atoms with Crippen molar-refractivity contribution in [3.05, 3.63) is 30.1 Å². The van der Waals surface area contributed by atoms with Crippen molar-refractivity contribution in [2.24, 2.45) is 5.92 Å². The van der Waals surface area contributed by atoms with E-state index in [9.17, 15) is 4.79 Å². The third-order valence-electron chi connectivity index (χ3n) is 2.77. The molecule has 0 saturated heterocycles. The number of aromatic nitrogens is 1. The molecule has 0 aliphatic heterocycles. The standard InChI is InChI=1S/C11H14N2O/c1-8-7-10(8)13(2)11(14)9-5-3-4-6-12-9/h3-6,8,10H,7H2,1-2H3/t8?,10-/m1/s1. The molecule has 1 aromatic rings. The van der Waals surface area contributed by atoms with Crippen LogP contribution in [0.1, 0.15) is 23.8 Å². The van der Waals surface area contributed by atoms with Crippen LogP contribution in [0.4, 0.5) is 0 Å². The van der Waals surface area contributed by atoms with Gasteiger partial charge in [0.05, 0.1) is 0 Å². The molecule has 2 atom stereocenters. The number of pyridine rings is 1. The lowest BCUT2D eigenvalue weighted by Gasteiger charge is -2.15. The van der Waals surface area contributed by atoms with Crippen molar-refractivity contribution in [3.8, 4) is 0 Å². The molecular formula is C11H14N2O. The van der Waals surface area contributed by atoms with E-state index in [0.717, 1.165) is 6.42 Å². The molecule has 1 aliphatic carbocycles. The molecule has 1 fully saturated rings. The van der Waals surface area contributed by atoms with E-state index < -0.39 is 0 Å². The van der Waals surface area contributed by atoms with E-state index in [2.05, 4.69) is 11.9 Å². The average Bonchev–Trinajstić information content (AvgIpc) is 2.95. The lowest BCUT2D eigenvalue weighted by molar-refractivity contribution is 0.0773. The Morgan fingerprint density at radius 2 is 2.29 bits per heavy atom. The molecule has 2 rings (SSSR count). The van der Waals surface area contributed by atoms with E-state index in [-0.39, 0.29) is 5.91 Å². The zero-order valence-electron chi connectivity index (χ0n) is 8.47. The van der Waals surface area contributed by atoms with Gasteiger partial charge in [0.25, 0.3) is 5.91 Å². The maximum atomic E-state index is 11.8. The highest BCUT2D eigenvalue weighted by atomic mass is 16.2. The second-order valence-corrected chi connectivity index (χ2v) is 3.91. The van der Waals surface area contributed by atoms with Crippen LogP contribution < -0.4 is 0 Å². The maximum Gasteiger partial charge on any atom is 0.272 e. The van der Waals surface area contributed by atoms with Gasteiger partial charge in [-0.15, -0.1) is 0 Å². The fraction of sp³-hybridized carbons (Fsp3) is 0.455. The Morgan fingerprint density at radius 1 is 1.57 bits per heavy atom. The summed E-state index contributed by atoms with van der Waals surface area (Å²) in [6, 6.07) is 5.83. The van der Waals surface area contributed by atoms with Gasteiger partial charge in [0.1, 0.15) is 5.69 Å². The predicted octanol–water partition coefficient (Wildman–Crippen LogP) is 1.56. The van der Waals surface area contributed by atoms with Crippen molar-refractivity contribution in [1.29, 1.82) is 0 Å². The highest BCUT2D eigenvalue weighted by molar-refractivity contribution is 5.92. The molecule has 1 saturated carbocycles. The zero-order valence-corrected chi connectivity index (χ0v) is 8.47. The number of amides is 1. The van der Waals surface area contributed by atoms with Gasteiger partial charge in [-0.05, 0) is 24.5 Å². The quantitative estimate of drug-likeness (QED) is 0.709. The van der Waals surface area contributed by atoms with Crippen molar-refractivity contribution in [3.63, 3.8) is 0 Å². The van der Waals surface area contributed by atoms with Gasteiger partial charge in [-0.3, -0.25) is 9.78 Å². The fourth-order valence-corrected chi connectivity index (χ4v) is 1.66. The number of carbonyl (C=O) groups is 1. The molecule has 1 aliphatic rings. The lowest BCUT2D eigenvalue weighted by Crippen LogP contribution is -2.30. The van der Waals surface area contributed by atoms with Crippen LogP contribution in [0.15, 0.2) is 24.4 Å². The van der Waals surface area contributed by atoms with E-state index in [1.54, 1.807) is 17.2 Å². The summed E-state index contributed by atoms with van der Waals surface area (Å²) in [6.45, 7) is 2.16. The normalized spacial score (nSPS) is 24.4. The molecule has 74 valence electrons. The van der Waals surface area contributed by atoms with Crippen LogP contribution in [0.25, 0.3) is 0 Å². The van der Waals surface area contributed by atoms with Crippen molar-refractivity contribution in [2.75, 3.05) is 7.05 Å². The number of hydrogen-bond acceptors (Lipinski definition) is 2. The second kappa shape index (κ2) is 3.40. The number of carbonyl (C=O) groups excluding carboxylic acids is 1. The number of hydrogen-bond donors (Lipinski definition) is 0. The Bertz CT molecular complexity index is 336. The first-order valence-corrected chi connectivity index (χ1v) is 4.88. The van der Waals surface area contributed by atoms with Crippen LogP contribution in [0.2, 0.25) is 0 Å². The second-order valence-electron chi connectivity index (χ2n) is 3.91. The molecule has 14 heavy (non-hydrogen) atoms. The van der Waals surface area contributed by atoms with Crippen LogP contribution in [-0.2, 0) is 0 Å². The number of rotatable bonds is 2. The van der Waals surface area contributed by atoms with Crippen LogP contribution >= 0.6 is 0 Å². The first-order chi connectivity index (χ1) is 6.70. The Hall–Kier alpha value is -1.38. The highest BCUT2D eigenvalue weighted by Gasteiger charge is 2.38. The minimum absolute atomic E-state index is 0.0277. The number of nitrogens with zero attached hydrogens (tertiary/aromatic N) is 2. The molecule has 0 aromatic carbocycles.